The number of amides is 1. The van der Waals surface area contributed by atoms with Crippen LogP contribution in [0, 0.1) is 0 Å². The van der Waals surface area contributed by atoms with Crippen LogP contribution in [0.1, 0.15) is 16.7 Å². The van der Waals surface area contributed by atoms with Crippen molar-refractivity contribution >= 4 is 41.7 Å². The summed E-state index contributed by atoms with van der Waals surface area (Å²) in [6.45, 7) is 0.454. The first kappa shape index (κ1) is 18.9. The molecule has 0 saturated heterocycles. The van der Waals surface area contributed by atoms with E-state index in [1.165, 1.54) is 0 Å². The number of hydrogen-bond donors (Lipinski definition) is 3. The van der Waals surface area contributed by atoms with Gasteiger partial charge in [-0.25, -0.2) is 0 Å². The van der Waals surface area contributed by atoms with Crippen molar-refractivity contribution in [3.63, 3.8) is 0 Å². The standard InChI is InChI=1S/C24H20N2O2S/c27-20-14-10-18(11-15-20)16-26-23-7-2-1-5-21(23)22(24(26)28)6-3-4-17-8-12-19(25-29)13-9-17/h1-15,25,27,29H,16H2/b4-3+,22-6+. The molecular weight excluding hydrogens is 380 g/mol. The molecule has 4 rings (SSSR count). The normalized spacial score (nSPS) is 14.6. The number of rotatable bonds is 5. The number of phenolic OH excluding ortho intramolecular Hbond substituents is 1. The summed E-state index contributed by atoms with van der Waals surface area (Å²) in [6.07, 6.45) is 5.73. The Bertz CT molecular complexity index is 1090. The Morgan fingerprint density at radius 2 is 1.69 bits per heavy atom. The number of thiol groups is 1. The maximum Gasteiger partial charge on any atom is 0.259 e. The van der Waals surface area contributed by atoms with Gasteiger partial charge in [0.25, 0.3) is 5.91 Å². The average Bonchev–Trinajstić information content (AvgIpc) is 3.02. The third-order valence-electron chi connectivity index (χ3n) is 4.83. The highest BCUT2D eigenvalue weighted by molar-refractivity contribution is 7.81. The zero-order valence-corrected chi connectivity index (χ0v) is 16.5. The van der Waals surface area contributed by atoms with Crippen molar-refractivity contribution in [1.29, 1.82) is 0 Å². The molecule has 0 saturated carbocycles. The summed E-state index contributed by atoms with van der Waals surface area (Å²) in [4.78, 5) is 14.9. The van der Waals surface area contributed by atoms with Gasteiger partial charge in [-0.1, -0.05) is 67.4 Å². The molecule has 29 heavy (non-hydrogen) atoms. The lowest BCUT2D eigenvalue weighted by Gasteiger charge is -2.17. The molecule has 1 amide bonds. The molecule has 4 nitrogen and oxygen atoms in total. The number of aromatic hydroxyl groups is 1. The minimum atomic E-state index is -0.0291. The number of carbonyl (C=O) groups excluding carboxylic acids is 1. The van der Waals surface area contributed by atoms with Gasteiger partial charge in [0.05, 0.1) is 12.2 Å². The van der Waals surface area contributed by atoms with Crippen LogP contribution >= 0.6 is 12.8 Å². The quantitative estimate of drug-likeness (QED) is 0.403. The molecule has 0 atom stereocenters. The minimum absolute atomic E-state index is 0.0291. The Labute approximate surface area is 175 Å². The fourth-order valence-corrected chi connectivity index (χ4v) is 3.48. The third-order valence-corrected chi connectivity index (χ3v) is 5.09. The van der Waals surface area contributed by atoms with E-state index in [1.54, 1.807) is 17.0 Å². The van der Waals surface area contributed by atoms with Crippen LogP contribution in [0.4, 0.5) is 11.4 Å². The monoisotopic (exact) mass is 400 g/mol. The van der Waals surface area contributed by atoms with Gasteiger partial charge in [-0.3, -0.25) is 4.79 Å². The van der Waals surface area contributed by atoms with E-state index in [-0.39, 0.29) is 11.7 Å². The minimum Gasteiger partial charge on any atom is -0.508 e. The van der Waals surface area contributed by atoms with Crippen molar-refractivity contribution in [1.82, 2.24) is 0 Å². The second-order valence-electron chi connectivity index (χ2n) is 6.75. The maximum atomic E-state index is 13.1. The molecule has 0 aromatic heterocycles. The van der Waals surface area contributed by atoms with Gasteiger partial charge in [-0.2, -0.15) is 0 Å². The van der Waals surface area contributed by atoms with E-state index >= 15 is 0 Å². The number of para-hydroxylation sites is 1. The van der Waals surface area contributed by atoms with Crippen LogP contribution < -0.4 is 9.62 Å². The van der Waals surface area contributed by atoms with Crippen LogP contribution in [0.5, 0.6) is 5.75 Å². The van der Waals surface area contributed by atoms with Gasteiger partial charge in [0.2, 0.25) is 0 Å². The zero-order valence-electron chi connectivity index (χ0n) is 15.6. The predicted molar refractivity (Wildman–Crippen MR) is 122 cm³/mol. The summed E-state index contributed by atoms with van der Waals surface area (Å²) in [5, 5.41) is 9.49. The zero-order chi connectivity index (χ0) is 20.2. The van der Waals surface area contributed by atoms with Crippen LogP contribution in [-0.2, 0) is 11.3 Å². The summed E-state index contributed by atoms with van der Waals surface area (Å²) in [5.41, 5.74) is 5.41. The smallest absolute Gasteiger partial charge is 0.259 e. The molecule has 0 radical (unpaired) electrons. The second-order valence-corrected chi connectivity index (χ2v) is 6.97. The van der Waals surface area contributed by atoms with E-state index in [0.717, 1.165) is 28.1 Å². The van der Waals surface area contributed by atoms with E-state index in [9.17, 15) is 9.90 Å². The van der Waals surface area contributed by atoms with E-state index in [0.29, 0.717) is 12.1 Å². The maximum absolute atomic E-state index is 13.1. The molecule has 0 aliphatic carbocycles. The van der Waals surface area contributed by atoms with Crippen molar-refractivity contribution in [2.45, 2.75) is 6.54 Å². The van der Waals surface area contributed by atoms with Crippen molar-refractivity contribution in [2.75, 3.05) is 9.62 Å². The summed E-state index contributed by atoms with van der Waals surface area (Å²) < 4.78 is 2.79. The number of allylic oxidation sites excluding steroid dienone is 2. The van der Waals surface area contributed by atoms with Crippen molar-refractivity contribution in [3.8, 4) is 5.75 Å². The van der Waals surface area contributed by atoms with Gasteiger partial charge in [-0.15, -0.1) is 0 Å². The highest BCUT2D eigenvalue weighted by Gasteiger charge is 2.31. The largest absolute Gasteiger partial charge is 0.508 e. The Morgan fingerprint density at radius 3 is 2.41 bits per heavy atom. The van der Waals surface area contributed by atoms with E-state index in [4.69, 9.17) is 0 Å². The molecule has 0 bridgehead atoms. The van der Waals surface area contributed by atoms with Crippen molar-refractivity contribution in [3.05, 3.63) is 102 Å². The molecular formula is C24H20N2O2S. The molecule has 0 spiro atoms. The Hall–Kier alpha value is -3.44. The molecule has 1 aliphatic heterocycles. The summed E-state index contributed by atoms with van der Waals surface area (Å²) >= 11 is 4.03. The third kappa shape index (κ3) is 4.05. The number of anilines is 2. The number of carbonyl (C=O) groups is 1. The van der Waals surface area contributed by atoms with Crippen molar-refractivity contribution < 1.29 is 9.90 Å². The van der Waals surface area contributed by atoms with Crippen LogP contribution in [0.25, 0.3) is 11.6 Å². The van der Waals surface area contributed by atoms with Gasteiger partial charge in [0, 0.05) is 16.8 Å². The summed E-state index contributed by atoms with van der Waals surface area (Å²) in [7, 11) is 0. The van der Waals surface area contributed by atoms with Gasteiger partial charge < -0.3 is 14.7 Å². The molecule has 0 unspecified atom stereocenters. The SMILES string of the molecule is O=C1/C(=C/C=C/c2ccc(NS)cc2)c2ccccc2N1Cc1ccc(O)cc1. The van der Waals surface area contributed by atoms with Gasteiger partial charge >= 0.3 is 0 Å². The topological polar surface area (TPSA) is 52.6 Å². The van der Waals surface area contributed by atoms with Gasteiger partial charge in [-0.05, 0) is 47.5 Å². The first-order valence-corrected chi connectivity index (χ1v) is 9.68. The number of hydrogen-bond acceptors (Lipinski definition) is 4. The average molecular weight is 401 g/mol. The molecule has 0 fully saturated rings. The number of nitrogens with one attached hydrogen (secondary N) is 1. The fourth-order valence-electron chi connectivity index (χ4n) is 3.33. The molecule has 3 aromatic rings. The van der Waals surface area contributed by atoms with E-state index in [1.807, 2.05) is 78.9 Å². The van der Waals surface area contributed by atoms with Gasteiger partial charge in [0.15, 0.2) is 0 Å². The lowest BCUT2D eigenvalue weighted by molar-refractivity contribution is -0.113. The molecule has 1 heterocycles. The Balaban J connectivity index is 1.60. The summed E-state index contributed by atoms with van der Waals surface area (Å²) in [6, 6.07) is 22.6. The van der Waals surface area contributed by atoms with Crippen LogP contribution in [-0.4, -0.2) is 11.0 Å². The highest BCUT2D eigenvalue weighted by atomic mass is 32.1. The number of phenols is 1. The number of fused-ring (bicyclic) bond motifs is 1. The van der Waals surface area contributed by atoms with Crippen LogP contribution in [0.3, 0.4) is 0 Å². The van der Waals surface area contributed by atoms with E-state index in [2.05, 4.69) is 17.5 Å². The summed E-state index contributed by atoms with van der Waals surface area (Å²) in [5.74, 6) is 0.185. The first-order chi connectivity index (χ1) is 14.2. The van der Waals surface area contributed by atoms with Crippen LogP contribution in [0.15, 0.2) is 84.9 Å². The number of nitrogens with zero attached hydrogens (tertiary/aromatic N) is 1. The second kappa shape index (κ2) is 8.29. The first-order valence-electron chi connectivity index (χ1n) is 9.23. The predicted octanol–water partition coefficient (Wildman–Crippen LogP) is 5.29. The molecule has 144 valence electrons. The van der Waals surface area contributed by atoms with E-state index < -0.39 is 0 Å². The van der Waals surface area contributed by atoms with Crippen LogP contribution in [0.2, 0.25) is 0 Å². The number of benzene rings is 3. The fraction of sp³-hybridized carbons (Fsp3) is 0.0417. The lowest BCUT2D eigenvalue weighted by atomic mass is 10.1. The Kier molecular flexibility index (Phi) is 5.40. The lowest BCUT2D eigenvalue weighted by Crippen LogP contribution is -2.25. The van der Waals surface area contributed by atoms with Crippen molar-refractivity contribution in [2.24, 2.45) is 0 Å². The molecule has 2 N–H and O–H groups in total. The Morgan fingerprint density at radius 1 is 0.966 bits per heavy atom. The molecule has 3 aromatic carbocycles. The molecule has 1 aliphatic rings. The van der Waals surface area contributed by atoms with Gasteiger partial charge in [0.1, 0.15) is 5.75 Å². The highest BCUT2D eigenvalue weighted by Crippen LogP contribution is 2.37. The molecule has 5 heteroatoms.